The van der Waals surface area contributed by atoms with Crippen LogP contribution in [0.2, 0.25) is 10.0 Å². The molecule has 0 spiro atoms. The molecule has 7 heterocycles. The zero-order valence-corrected chi connectivity index (χ0v) is 60.2. The molecule has 7 aliphatic heterocycles. The van der Waals surface area contributed by atoms with E-state index in [2.05, 4.69) is 37.2 Å². The van der Waals surface area contributed by atoms with Crippen molar-refractivity contribution in [3.8, 4) is 57.1 Å². The van der Waals surface area contributed by atoms with Crippen molar-refractivity contribution < 1.29 is 118 Å². The Morgan fingerprint density at radius 2 is 1.31 bits per heavy atom. The Morgan fingerprint density at radius 1 is 0.716 bits per heavy atom. The summed E-state index contributed by atoms with van der Waals surface area (Å²) in [5, 5.41) is 131. The fourth-order valence-electron chi connectivity index (χ4n) is 12.5. The van der Waals surface area contributed by atoms with Crippen LogP contribution in [0, 0.1) is 5.92 Å². The number of halogens is 2. The van der Waals surface area contributed by atoms with Crippen LogP contribution >= 0.6 is 23.2 Å². The predicted molar refractivity (Wildman–Crippen MR) is 355 cm³/mol. The molecule has 33 nitrogen and oxygen atoms in total. The third kappa shape index (κ3) is 16.5. The smallest absolute Gasteiger partial charge is 0.330 e. The Bertz CT molecular complexity index is 4080. The predicted octanol–water partition coefficient (Wildman–Crippen LogP) is -0.275. The Labute approximate surface area is 610 Å². The molecule has 0 aliphatic carbocycles. The number of phenols is 3. The van der Waals surface area contributed by atoms with E-state index in [0.717, 1.165) is 66.7 Å². The van der Waals surface area contributed by atoms with Crippen molar-refractivity contribution in [2.45, 2.75) is 156 Å². The van der Waals surface area contributed by atoms with Gasteiger partial charge >= 0.3 is 5.97 Å². The minimum absolute atomic E-state index is 0. The third-order valence-electron chi connectivity index (χ3n) is 17.8. The molecule has 18 atom stereocenters. The second-order valence-electron chi connectivity index (χ2n) is 25.7. The second kappa shape index (κ2) is 31.8. The van der Waals surface area contributed by atoms with Crippen molar-refractivity contribution >= 4 is 97.8 Å². The Hall–Kier alpha value is -8.28. The molecular formula is C66H75Cl2N9O24Pb. The van der Waals surface area contributed by atoms with Gasteiger partial charge in [0.15, 0.2) is 29.9 Å². The first-order valence-electron chi connectivity index (χ1n) is 31.6. The first-order chi connectivity index (χ1) is 47.7. The number of benzene rings is 5. The van der Waals surface area contributed by atoms with Gasteiger partial charge in [0.1, 0.15) is 89.5 Å². The Balaban J connectivity index is 0.0000121. The normalized spacial score (nSPS) is 29.1. The number of carboxylic acid groups (broad SMARTS) is 1. The Kier molecular flexibility index (Phi) is 24.2. The summed E-state index contributed by atoms with van der Waals surface area (Å²) in [6.45, 7) is 5.66. The first-order valence-corrected chi connectivity index (χ1v) is 32.4. The van der Waals surface area contributed by atoms with Gasteiger partial charge < -0.3 is 128 Å². The van der Waals surface area contributed by atoms with E-state index in [9.17, 15) is 75.0 Å². The standard InChI is InChI=1S/C66H75Cl2N9O24.Pb/c1-23(2)12-34(71-5)58(88)76-49-51(83)26-7-10-38(32(67)14-26)97-40-16-28-17-41(55(40)101-65-56(54(86)53(85)42(22-78)99-65)100-44-21-66(4,70)57(87)24(3)96-44)98-39-11-8-27(15-33(39)68)52(84)50-63(93)75-48(64(94)95)31-18-29(79)19-37(81)45(31)30-13-25(6-9-36(30)80)46(60(90)77-50)74-61(91)47(28)73-59(89)35(20-43(69)82)72-62(49)92;/h6-11,13-19,23-24,34-35,42,44,46-54,56-57,65,71,78-81,83-87H,12,20-22,70H2,1-5H3,(H2,69,82)(H,72,92)(H,73,89)(H,74,91)(H,75,93)(H,76,88)(H,77,90)(H,94,95);/t24-,34+,35-,42+,44-,46+,47+,48+,49+,50-,51+,52+,53+,54-,56+,57?,65-,66-;/m0./s1. The summed E-state index contributed by atoms with van der Waals surface area (Å²) in [4.78, 5) is 117. The summed E-state index contributed by atoms with van der Waals surface area (Å²) in [5.41, 5.74) is 8.00. The molecule has 21 N–H and O–H groups in total. The van der Waals surface area contributed by atoms with Crippen LogP contribution in [0.15, 0.2) is 78.9 Å². The fourth-order valence-corrected chi connectivity index (χ4v) is 12.9. The molecule has 546 valence electrons. The number of hydrogen-bond acceptors (Lipinski definition) is 25. The van der Waals surface area contributed by atoms with E-state index in [-0.39, 0.29) is 73.5 Å². The van der Waals surface area contributed by atoms with Crippen LogP contribution in [-0.2, 0) is 52.6 Å². The van der Waals surface area contributed by atoms with E-state index in [0.29, 0.717) is 0 Å². The number of aliphatic hydroxyl groups is 6. The second-order valence-corrected chi connectivity index (χ2v) is 26.5. The largest absolute Gasteiger partial charge is 0.508 e. The monoisotopic (exact) mass is 1660 g/mol. The van der Waals surface area contributed by atoms with Gasteiger partial charge in [0.2, 0.25) is 53.4 Å². The van der Waals surface area contributed by atoms with Crippen molar-refractivity contribution in [1.29, 1.82) is 0 Å². The van der Waals surface area contributed by atoms with Gasteiger partial charge in [0.25, 0.3) is 0 Å². The van der Waals surface area contributed by atoms with Crippen molar-refractivity contribution in [3.05, 3.63) is 117 Å². The number of carboxylic acids is 1. The summed E-state index contributed by atoms with van der Waals surface area (Å²) in [5.74, 6) is -16.0. The number of ether oxygens (including phenoxy) is 6. The number of nitrogens with two attached hydrogens (primary N) is 2. The summed E-state index contributed by atoms with van der Waals surface area (Å²) < 4.78 is 38.3. The number of amides is 7. The van der Waals surface area contributed by atoms with Crippen LogP contribution in [0.5, 0.6) is 46.0 Å². The van der Waals surface area contributed by atoms with E-state index in [1.165, 1.54) is 33.0 Å². The van der Waals surface area contributed by atoms with Gasteiger partial charge in [-0.05, 0) is 110 Å². The van der Waals surface area contributed by atoms with E-state index in [4.69, 9.17) is 63.1 Å². The number of primary amides is 1. The number of aromatic hydroxyl groups is 3. The molecule has 1 unspecified atom stereocenters. The number of hydrogen-bond donors (Lipinski definition) is 19. The summed E-state index contributed by atoms with van der Waals surface area (Å²) >= 11 is 14.1. The number of aliphatic carboxylic acids is 1. The number of carbonyl (C=O) groups is 8. The minimum atomic E-state index is -2.35. The molecule has 12 rings (SSSR count). The summed E-state index contributed by atoms with van der Waals surface area (Å²) in [7, 11) is 1.47. The topological polar surface area (TPSA) is 530 Å². The van der Waals surface area contributed by atoms with Crippen LogP contribution in [-0.4, -0.2) is 218 Å². The zero-order chi connectivity index (χ0) is 73.5. The number of fused-ring (bicyclic) bond motifs is 15. The molecule has 0 saturated carbocycles. The average Bonchev–Trinajstić information content (AvgIpc) is 0.773. The van der Waals surface area contributed by atoms with E-state index in [1.807, 2.05) is 13.8 Å². The van der Waals surface area contributed by atoms with Gasteiger partial charge in [-0.25, -0.2) is 4.79 Å². The molecule has 7 aliphatic rings. The van der Waals surface area contributed by atoms with Crippen LogP contribution in [0.25, 0.3) is 11.1 Å². The van der Waals surface area contributed by atoms with Crippen LogP contribution < -0.4 is 62.9 Å². The van der Waals surface area contributed by atoms with Crippen molar-refractivity contribution in [1.82, 2.24) is 37.2 Å². The molecular weight excluding hydrogens is 1580 g/mol. The molecule has 4 radical (unpaired) electrons. The van der Waals surface area contributed by atoms with E-state index < -0.39 is 237 Å². The number of aliphatic hydroxyl groups excluding tert-OH is 6. The van der Waals surface area contributed by atoms with Crippen molar-refractivity contribution in [2.75, 3.05) is 13.7 Å². The van der Waals surface area contributed by atoms with Crippen LogP contribution in [0.4, 0.5) is 0 Å². The van der Waals surface area contributed by atoms with Gasteiger partial charge in [0, 0.05) is 62.0 Å². The molecule has 0 aromatic heterocycles. The maximum absolute atomic E-state index is 16.0. The van der Waals surface area contributed by atoms with E-state index in [1.54, 1.807) is 0 Å². The molecule has 2 saturated heterocycles. The maximum Gasteiger partial charge on any atom is 0.330 e. The Morgan fingerprint density at radius 3 is 1.89 bits per heavy atom. The summed E-state index contributed by atoms with van der Waals surface area (Å²) in [6.07, 6.45) is -18.6. The van der Waals surface area contributed by atoms with E-state index >= 15 is 14.4 Å². The zero-order valence-electron chi connectivity index (χ0n) is 54.8. The third-order valence-corrected chi connectivity index (χ3v) is 18.4. The minimum Gasteiger partial charge on any atom is -0.508 e. The number of carbonyl (C=O) groups excluding carboxylic acids is 7. The quantitative estimate of drug-likeness (QED) is 0.0674. The van der Waals surface area contributed by atoms with Crippen LogP contribution in [0.1, 0.15) is 105 Å². The summed E-state index contributed by atoms with van der Waals surface area (Å²) in [6, 6.07) is -0.679. The molecule has 11 bridgehead atoms. The maximum atomic E-state index is 16.0. The SMILES string of the molecule is CN[C@H](CC(C)C)C(=O)N[C@H]1C(=O)N[C@@H](CC(N)=O)C(=O)N[C@H]2C(=O)N[C@H]3C(=O)N[C@H](C(=O)N[C@@H](C(=O)O)c4cc(O)cc(O)c4-c4cc3ccc4O)[C@H](O)c3ccc(c(Cl)c3)Oc3cc2cc(c3O[C@@H]2O[C@H](CO)[C@@H](O)[C@H](O)[C@H]2O[C@H]2C[C@](C)(N)C(O)[C@H](C)O2)Oc2ccc(cc2Cl)[C@H]1O.[Pb]. The molecule has 5 aromatic carbocycles. The van der Waals surface area contributed by atoms with Crippen LogP contribution in [0.3, 0.4) is 0 Å². The molecule has 2 fully saturated rings. The number of rotatable bonds is 13. The molecule has 36 heteroatoms. The number of phenolic OH excluding ortho intramolecular Hbond substituents is 3. The van der Waals surface area contributed by atoms with Gasteiger partial charge in [-0.2, -0.15) is 0 Å². The van der Waals surface area contributed by atoms with Gasteiger partial charge in [0.05, 0.1) is 41.3 Å². The number of nitrogens with one attached hydrogen (secondary N) is 7. The average molecular weight is 1660 g/mol. The molecule has 5 aromatic rings. The molecule has 7 amide bonds. The van der Waals surface area contributed by atoms with Gasteiger partial charge in [-0.3, -0.25) is 33.6 Å². The molecule has 102 heavy (non-hydrogen) atoms. The first kappa shape index (κ1) is 77.9. The van der Waals surface area contributed by atoms with Gasteiger partial charge in [-0.15, -0.1) is 0 Å². The van der Waals surface area contributed by atoms with Crippen molar-refractivity contribution in [3.63, 3.8) is 0 Å². The fraction of sp³-hybridized carbons (Fsp3) is 0.424. The van der Waals surface area contributed by atoms with Gasteiger partial charge in [-0.1, -0.05) is 55.2 Å². The number of likely N-dealkylation sites (N-methyl/N-ethyl adjacent to an activating group) is 1. The van der Waals surface area contributed by atoms with Crippen molar-refractivity contribution in [2.24, 2.45) is 17.4 Å².